The molecule has 7 nitrogen and oxygen atoms in total. The van der Waals surface area contributed by atoms with Crippen LogP contribution in [0.1, 0.15) is 37.5 Å². The molecule has 0 fully saturated rings. The summed E-state index contributed by atoms with van der Waals surface area (Å²) in [4.78, 5) is 12.6. The summed E-state index contributed by atoms with van der Waals surface area (Å²) >= 11 is 0. The summed E-state index contributed by atoms with van der Waals surface area (Å²) in [6.45, 7) is 7.56. The van der Waals surface area contributed by atoms with E-state index in [0.29, 0.717) is 11.5 Å². The van der Waals surface area contributed by atoms with E-state index in [-0.39, 0.29) is 30.7 Å². The number of carbonyl (C=O) groups is 1. The van der Waals surface area contributed by atoms with Gasteiger partial charge >= 0.3 is 0 Å². The normalized spacial score (nSPS) is 11.9. The van der Waals surface area contributed by atoms with E-state index in [4.69, 9.17) is 9.47 Å². The van der Waals surface area contributed by atoms with Crippen LogP contribution in [-0.2, 0) is 21.4 Å². The number of ether oxygens (including phenoxy) is 2. The Labute approximate surface area is 196 Å². The number of hydrogen-bond donors (Lipinski definition) is 2. The molecule has 2 aromatic rings. The van der Waals surface area contributed by atoms with Gasteiger partial charge < -0.3 is 14.8 Å². The van der Waals surface area contributed by atoms with Gasteiger partial charge in [-0.2, -0.15) is 0 Å². The number of amides is 1. The van der Waals surface area contributed by atoms with Gasteiger partial charge in [-0.25, -0.2) is 13.1 Å². The van der Waals surface area contributed by atoms with Gasteiger partial charge in [-0.1, -0.05) is 49.5 Å². The van der Waals surface area contributed by atoms with E-state index in [9.17, 15) is 13.2 Å². The van der Waals surface area contributed by atoms with Crippen LogP contribution in [0.2, 0.25) is 0 Å². The molecule has 1 unspecified atom stereocenters. The lowest BCUT2D eigenvalue weighted by atomic mass is 10.0. The van der Waals surface area contributed by atoms with Gasteiger partial charge in [-0.05, 0) is 49.6 Å². The maximum atomic E-state index is 12.6. The number of nitrogens with one attached hydrogen (secondary N) is 2. The Morgan fingerprint density at radius 1 is 1.09 bits per heavy atom. The maximum absolute atomic E-state index is 12.6. The fraction of sp³-hybridized carbons (Fsp3) is 0.400. The van der Waals surface area contributed by atoms with Crippen LogP contribution in [0, 0.1) is 24.7 Å². The summed E-state index contributed by atoms with van der Waals surface area (Å²) in [6, 6.07) is 12.4. The fourth-order valence-corrected chi connectivity index (χ4v) is 3.83. The second-order valence-corrected chi connectivity index (χ2v) is 9.95. The molecule has 2 aromatic carbocycles. The Kier molecular flexibility index (Phi) is 9.76. The molecule has 2 rings (SSSR count). The van der Waals surface area contributed by atoms with E-state index in [0.717, 1.165) is 11.1 Å². The highest BCUT2D eigenvalue weighted by molar-refractivity contribution is 7.89. The minimum atomic E-state index is -3.50. The predicted molar refractivity (Wildman–Crippen MR) is 130 cm³/mol. The van der Waals surface area contributed by atoms with Crippen molar-refractivity contribution < 1.29 is 22.7 Å². The zero-order chi connectivity index (χ0) is 24.4. The van der Waals surface area contributed by atoms with Crippen LogP contribution < -0.4 is 19.5 Å². The Bertz CT molecular complexity index is 1100. The molecule has 1 amide bonds. The third-order valence-corrected chi connectivity index (χ3v) is 6.29. The molecule has 0 saturated carbocycles. The van der Waals surface area contributed by atoms with Crippen LogP contribution in [-0.4, -0.2) is 39.8 Å². The molecule has 0 saturated heterocycles. The van der Waals surface area contributed by atoms with Crippen LogP contribution in [0.4, 0.5) is 0 Å². The highest BCUT2D eigenvalue weighted by Crippen LogP contribution is 2.28. The molecule has 0 aliphatic carbocycles. The summed E-state index contributed by atoms with van der Waals surface area (Å²) in [5.41, 5.74) is 2.89. The van der Waals surface area contributed by atoms with Gasteiger partial charge in [0.05, 0.1) is 12.9 Å². The lowest BCUT2D eigenvalue weighted by Crippen LogP contribution is -2.49. The number of rotatable bonds is 10. The molecule has 0 radical (unpaired) electrons. The van der Waals surface area contributed by atoms with E-state index in [2.05, 4.69) is 21.9 Å². The molecule has 178 valence electrons. The van der Waals surface area contributed by atoms with Crippen molar-refractivity contribution in [2.24, 2.45) is 5.92 Å². The van der Waals surface area contributed by atoms with E-state index in [1.54, 1.807) is 26.0 Å². The van der Waals surface area contributed by atoms with Crippen molar-refractivity contribution in [3.05, 3.63) is 59.2 Å². The average Bonchev–Trinajstić information content (AvgIpc) is 2.80. The Morgan fingerprint density at radius 2 is 1.79 bits per heavy atom. The third kappa shape index (κ3) is 8.44. The molecule has 0 aliphatic rings. The van der Waals surface area contributed by atoms with Gasteiger partial charge in [0.1, 0.15) is 12.6 Å². The van der Waals surface area contributed by atoms with Gasteiger partial charge in [0.25, 0.3) is 0 Å². The molecule has 1 atom stereocenters. The molecule has 0 aromatic heterocycles. The van der Waals surface area contributed by atoms with Gasteiger partial charge in [0.15, 0.2) is 11.5 Å². The van der Waals surface area contributed by atoms with E-state index in [1.165, 1.54) is 19.6 Å². The molecule has 0 spiro atoms. The van der Waals surface area contributed by atoms with Crippen molar-refractivity contribution in [3.8, 4) is 23.3 Å². The van der Waals surface area contributed by atoms with Crippen LogP contribution in [0.5, 0.6) is 11.5 Å². The molecular weight excluding hydrogens is 440 g/mol. The lowest BCUT2D eigenvalue weighted by Gasteiger charge is -2.21. The number of hydrogen-bond acceptors (Lipinski definition) is 5. The van der Waals surface area contributed by atoms with Gasteiger partial charge in [-0.3, -0.25) is 4.79 Å². The highest BCUT2D eigenvalue weighted by Gasteiger charge is 2.26. The highest BCUT2D eigenvalue weighted by atomic mass is 32.2. The average molecular weight is 473 g/mol. The van der Waals surface area contributed by atoms with Crippen LogP contribution in [0.3, 0.4) is 0 Å². The van der Waals surface area contributed by atoms with E-state index in [1.807, 2.05) is 37.3 Å². The monoisotopic (exact) mass is 472 g/mol. The van der Waals surface area contributed by atoms with Gasteiger partial charge in [0.2, 0.25) is 15.9 Å². The number of methoxy groups -OCH3 is 1. The Balaban J connectivity index is 1.98. The van der Waals surface area contributed by atoms with Crippen molar-refractivity contribution in [3.63, 3.8) is 0 Å². The zero-order valence-electron chi connectivity index (χ0n) is 19.8. The first-order valence-corrected chi connectivity index (χ1v) is 12.4. The van der Waals surface area contributed by atoms with Crippen molar-refractivity contribution in [2.45, 2.75) is 40.3 Å². The van der Waals surface area contributed by atoms with Gasteiger partial charge in [0, 0.05) is 12.1 Å². The maximum Gasteiger partial charge on any atom is 0.238 e. The third-order valence-electron chi connectivity index (χ3n) is 4.91. The summed E-state index contributed by atoms with van der Waals surface area (Å²) in [7, 11) is -1.96. The first kappa shape index (κ1) is 26.2. The van der Waals surface area contributed by atoms with Gasteiger partial charge in [-0.15, -0.1) is 0 Å². The zero-order valence-corrected chi connectivity index (χ0v) is 20.6. The Hall–Kier alpha value is -3.02. The SMILES string of the molecule is CCS(=O)(=O)NC(C(=O)NCc1ccc(OCC#Cc2ccc(C)cc2)c(OC)c1)C(C)C. The smallest absolute Gasteiger partial charge is 0.238 e. The van der Waals surface area contributed by atoms with E-state index >= 15 is 0 Å². The largest absolute Gasteiger partial charge is 0.493 e. The molecule has 8 heteroatoms. The van der Waals surface area contributed by atoms with Crippen molar-refractivity contribution >= 4 is 15.9 Å². The summed E-state index contributed by atoms with van der Waals surface area (Å²) in [5.74, 6) is 6.43. The first-order chi connectivity index (χ1) is 15.6. The van der Waals surface area contributed by atoms with Crippen LogP contribution in [0.25, 0.3) is 0 Å². The summed E-state index contributed by atoms with van der Waals surface area (Å²) in [6.07, 6.45) is 0. The molecule has 0 bridgehead atoms. The molecule has 2 N–H and O–H groups in total. The fourth-order valence-electron chi connectivity index (χ4n) is 2.90. The lowest BCUT2D eigenvalue weighted by molar-refractivity contribution is -0.123. The number of sulfonamides is 1. The minimum absolute atomic E-state index is 0.0858. The first-order valence-electron chi connectivity index (χ1n) is 10.8. The van der Waals surface area contributed by atoms with Crippen molar-refractivity contribution in [1.29, 1.82) is 0 Å². The second kappa shape index (κ2) is 12.3. The molecule has 33 heavy (non-hydrogen) atoms. The van der Waals surface area contributed by atoms with E-state index < -0.39 is 16.1 Å². The summed E-state index contributed by atoms with van der Waals surface area (Å²) < 4.78 is 37.4. The quantitative estimate of drug-likeness (QED) is 0.519. The second-order valence-electron chi connectivity index (χ2n) is 7.90. The standard InChI is InChI=1S/C25H32N2O5S/c1-6-33(29,30)27-24(18(2)3)25(28)26-17-21-13-14-22(23(16-21)31-5)32-15-7-8-20-11-9-19(4)10-12-20/h9-14,16,18,24,27H,6,15,17H2,1-5H3,(H,26,28). The number of carbonyl (C=O) groups excluding carboxylic acids is 1. The van der Waals surface area contributed by atoms with Crippen molar-refractivity contribution in [2.75, 3.05) is 19.5 Å². The van der Waals surface area contributed by atoms with Crippen molar-refractivity contribution in [1.82, 2.24) is 10.0 Å². The Morgan fingerprint density at radius 3 is 2.39 bits per heavy atom. The predicted octanol–water partition coefficient (Wildman–Crippen LogP) is 3.01. The van der Waals surface area contributed by atoms with Crippen LogP contribution in [0.15, 0.2) is 42.5 Å². The van der Waals surface area contributed by atoms with Crippen LogP contribution >= 0.6 is 0 Å². The topological polar surface area (TPSA) is 93.7 Å². The molecule has 0 heterocycles. The molecular formula is C25H32N2O5S. The number of benzene rings is 2. The minimum Gasteiger partial charge on any atom is -0.493 e. The molecule has 0 aliphatic heterocycles. The summed E-state index contributed by atoms with van der Waals surface area (Å²) in [5, 5.41) is 2.79. The number of aryl methyl sites for hydroxylation is 1.